The van der Waals surface area contributed by atoms with Gasteiger partial charge in [-0.2, -0.15) is 0 Å². The molecular weight excluding hydrogens is 422 g/mol. The Morgan fingerprint density at radius 3 is 1.51 bits per heavy atom. The van der Waals surface area contributed by atoms with Crippen molar-refractivity contribution in [2.75, 3.05) is 4.90 Å². The molecule has 0 amide bonds. The first-order chi connectivity index (χ1) is 17.3. The number of hydrogen-bond donors (Lipinski definition) is 0. The van der Waals surface area contributed by atoms with Gasteiger partial charge in [-0.25, -0.2) is 0 Å². The van der Waals surface area contributed by atoms with Crippen molar-refractivity contribution in [3.05, 3.63) is 168 Å². The van der Waals surface area contributed by atoms with Crippen LogP contribution in [0.1, 0.15) is 17.5 Å². The molecule has 0 radical (unpaired) electrons. The summed E-state index contributed by atoms with van der Waals surface area (Å²) in [5.74, 6) is 0. The Kier molecular flexibility index (Phi) is 6.87. The molecule has 4 aromatic carbocycles. The molecule has 5 rings (SSSR count). The second kappa shape index (κ2) is 10.7. The minimum absolute atomic E-state index is 0.345. The molecule has 0 saturated heterocycles. The molecule has 170 valence electrons. The topological polar surface area (TPSA) is 3.24 Å². The first-order valence-electron chi connectivity index (χ1n) is 12.1. The predicted molar refractivity (Wildman–Crippen MR) is 151 cm³/mol. The number of anilines is 2. The Labute approximate surface area is 208 Å². The van der Waals surface area contributed by atoms with Crippen LogP contribution in [0.2, 0.25) is 0 Å². The van der Waals surface area contributed by atoms with Gasteiger partial charge in [-0.3, -0.25) is 0 Å². The van der Waals surface area contributed by atoms with E-state index in [4.69, 9.17) is 0 Å². The molecule has 35 heavy (non-hydrogen) atoms. The van der Waals surface area contributed by atoms with Gasteiger partial charge in [0.05, 0.1) is 5.54 Å². The highest BCUT2D eigenvalue weighted by Gasteiger charge is 2.34. The SMILES string of the molecule is C1=CC(/C=C/c2ccccc2)(N(c2ccccc2)c2ccccc2)CC=C1/C=C/c1ccccc1. The molecule has 0 heterocycles. The maximum Gasteiger partial charge on any atom is 0.0858 e. The highest BCUT2D eigenvalue weighted by atomic mass is 15.2. The minimum Gasteiger partial charge on any atom is -0.328 e. The van der Waals surface area contributed by atoms with Crippen LogP contribution in [0.5, 0.6) is 0 Å². The van der Waals surface area contributed by atoms with Crippen molar-refractivity contribution in [3.8, 4) is 0 Å². The van der Waals surface area contributed by atoms with E-state index in [9.17, 15) is 0 Å². The van der Waals surface area contributed by atoms with Gasteiger partial charge in [0.1, 0.15) is 0 Å². The summed E-state index contributed by atoms with van der Waals surface area (Å²) in [6, 6.07) is 42.3. The molecule has 0 fully saturated rings. The molecule has 0 spiro atoms. The van der Waals surface area contributed by atoms with Crippen LogP contribution >= 0.6 is 0 Å². The quantitative estimate of drug-likeness (QED) is 0.271. The lowest BCUT2D eigenvalue weighted by Crippen LogP contribution is -2.43. The monoisotopic (exact) mass is 451 g/mol. The standard InChI is InChI=1S/C34H29N/c1-5-13-29(14-6-1)21-22-31-24-27-34(28-25-31,26-23-30-15-7-2-8-16-30)35(32-17-9-3-10-18-32)33-19-11-4-12-20-33/h1-27H,28H2/b22-21+,26-23+. The van der Waals surface area contributed by atoms with E-state index in [2.05, 4.69) is 163 Å². The maximum absolute atomic E-state index is 2.44. The van der Waals surface area contributed by atoms with Crippen molar-refractivity contribution in [1.29, 1.82) is 0 Å². The number of allylic oxidation sites excluding steroid dienone is 3. The van der Waals surface area contributed by atoms with E-state index in [1.54, 1.807) is 0 Å². The second-order valence-electron chi connectivity index (χ2n) is 8.73. The zero-order valence-corrected chi connectivity index (χ0v) is 19.7. The van der Waals surface area contributed by atoms with Crippen LogP contribution in [0.25, 0.3) is 12.2 Å². The van der Waals surface area contributed by atoms with Gasteiger partial charge in [-0.05, 0) is 47.4 Å². The van der Waals surface area contributed by atoms with Gasteiger partial charge in [0, 0.05) is 11.4 Å². The lowest BCUT2D eigenvalue weighted by atomic mass is 9.84. The Bertz CT molecular complexity index is 1290. The third kappa shape index (κ3) is 5.42. The van der Waals surface area contributed by atoms with Crippen LogP contribution < -0.4 is 4.90 Å². The maximum atomic E-state index is 2.44. The zero-order valence-electron chi connectivity index (χ0n) is 19.7. The van der Waals surface area contributed by atoms with Gasteiger partial charge in [0.25, 0.3) is 0 Å². The third-order valence-electron chi connectivity index (χ3n) is 6.31. The Morgan fingerprint density at radius 2 is 1.03 bits per heavy atom. The highest BCUT2D eigenvalue weighted by Crippen LogP contribution is 2.40. The average molecular weight is 452 g/mol. The zero-order chi connectivity index (χ0) is 23.8. The van der Waals surface area contributed by atoms with Crippen molar-refractivity contribution in [3.63, 3.8) is 0 Å². The molecule has 4 aromatic rings. The fraction of sp³-hybridized carbons (Fsp3) is 0.0588. The predicted octanol–water partition coefficient (Wildman–Crippen LogP) is 8.88. The molecule has 0 aliphatic heterocycles. The normalized spacial score (nSPS) is 17.5. The molecule has 1 heteroatoms. The van der Waals surface area contributed by atoms with Crippen LogP contribution in [0.3, 0.4) is 0 Å². The van der Waals surface area contributed by atoms with Gasteiger partial charge in [0.2, 0.25) is 0 Å². The third-order valence-corrected chi connectivity index (χ3v) is 6.31. The molecule has 1 aliphatic rings. The number of hydrogen-bond acceptors (Lipinski definition) is 1. The van der Waals surface area contributed by atoms with E-state index in [0.717, 1.165) is 17.8 Å². The lowest BCUT2D eigenvalue weighted by molar-refractivity contribution is 0.635. The molecule has 0 N–H and O–H groups in total. The van der Waals surface area contributed by atoms with E-state index in [1.165, 1.54) is 16.7 Å². The summed E-state index contributed by atoms with van der Waals surface area (Å²) in [6.07, 6.45) is 16.7. The van der Waals surface area contributed by atoms with Crippen LogP contribution in [0.15, 0.2) is 157 Å². The van der Waals surface area contributed by atoms with Crippen molar-refractivity contribution in [2.24, 2.45) is 0 Å². The summed E-state index contributed by atoms with van der Waals surface area (Å²) < 4.78 is 0. The second-order valence-corrected chi connectivity index (χ2v) is 8.73. The first-order valence-corrected chi connectivity index (χ1v) is 12.1. The summed E-state index contributed by atoms with van der Waals surface area (Å²) >= 11 is 0. The summed E-state index contributed by atoms with van der Waals surface area (Å²) in [6.45, 7) is 0. The molecule has 1 nitrogen and oxygen atoms in total. The Hall–Kier alpha value is -4.36. The summed E-state index contributed by atoms with van der Waals surface area (Å²) in [5, 5.41) is 0. The lowest BCUT2D eigenvalue weighted by Gasteiger charge is -2.43. The summed E-state index contributed by atoms with van der Waals surface area (Å²) in [7, 11) is 0. The average Bonchev–Trinajstić information content (AvgIpc) is 2.94. The van der Waals surface area contributed by atoms with E-state index in [-0.39, 0.29) is 5.54 Å². The number of rotatable bonds is 7. The fourth-order valence-corrected chi connectivity index (χ4v) is 4.49. The van der Waals surface area contributed by atoms with Gasteiger partial charge in [-0.1, -0.05) is 140 Å². The van der Waals surface area contributed by atoms with Crippen molar-refractivity contribution < 1.29 is 0 Å². The van der Waals surface area contributed by atoms with Crippen LogP contribution in [0, 0.1) is 0 Å². The van der Waals surface area contributed by atoms with E-state index >= 15 is 0 Å². The van der Waals surface area contributed by atoms with E-state index < -0.39 is 0 Å². The van der Waals surface area contributed by atoms with Gasteiger partial charge in [-0.15, -0.1) is 0 Å². The highest BCUT2D eigenvalue weighted by molar-refractivity contribution is 5.71. The molecule has 0 saturated carbocycles. The number of nitrogens with zero attached hydrogens (tertiary/aromatic N) is 1. The summed E-state index contributed by atoms with van der Waals surface area (Å²) in [5.41, 5.74) is 5.61. The van der Waals surface area contributed by atoms with Gasteiger partial charge >= 0.3 is 0 Å². The number of para-hydroxylation sites is 2. The van der Waals surface area contributed by atoms with Crippen molar-refractivity contribution >= 4 is 23.5 Å². The molecule has 0 bridgehead atoms. The molecular formula is C34H29N. The van der Waals surface area contributed by atoms with Crippen LogP contribution in [-0.4, -0.2) is 5.54 Å². The first kappa shape index (κ1) is 22.4. The van der Waals surface area contributed by atoms with Crippen molar-refractivity contribution in [1.82, 2.24) is 0 Å². The van der Waals surface area contributed by atoms with Gasteiger partial charge < -0.3 is 4.90 Å². The Balaban J connectivity index is 1.55. The molecule has 1 aliphatic carbocycles. The van der Waals surface area contributed by atoms with Crippen LogP contribution in [0.4, 0.5) is 11.4 Å². The van der Waals surface area contributed by atoms with Crippen LogP contribution in [-0.2, 0) is 0 Å². The van der Waals surface area contributed by atoms with E-state index in [0.29, 0.717) is 0 Å². The molecule has 1 atom stereocenters. The minimum atomic E-state index is -0.345. The van der Waals surface area contributed by atoms with E-state index in [1.807, 2.05) is 6.07 Å². The van der Waals surface area contributed by atoms with Crippen molar-refractivity contribution in [2.45, 2.75) is 12.0 Å². The fourth-order valence-electron chi connectivity index (χ4n) is 4.49. The summed E-state index contributed by atoms with van der Waals surface area (Å²) in [4.78, 5) is 2.44. The Morgan fingerprint density at radius 1 is 0.543 bits per heavy atom. The van der Waals surface area contributed by atoms with Gasteiger partial charge in [0.15, 0.2) is 0 Å². The molecule has 0 aromatic heterocycles. The largest absolute Gasteiger partial charge is 0.328 e. The molecule has 1 unspecified atom stereocenters. The smallest absolute Gasteiger partial charge is 0.0858 e. The number of benzene rings is 4.